The van der Waals surface area contributed by atoms with Gasteiger partial charge in [-0.25, -0.2) is 4.79 Å². The summed E-state index contributed by atoms with van der Waals surface area (Å²) in [4.78, 5) is 13.4. The van der Waals surface area contributed by atoms with E-state index in [0.29, 0.717) is 0 Å². The van der Waals surface area contributed by atoms with Gasteiger partial charge in [0.2, 0.25) is 0 Å². The van der Waals surface area contributed by atoms with Gasteiger partial charge in [0, 0.05) is 0 Å². The van der Waals surface area contributed by atoms with Crippen molar-refractivity contribution in [3.8, 4) is 12.3 Å². The van der Waals surface area contributed by atoms with Crippen LogP contribution in [0.2, 0.25) is 0 Å². The van der Waals surface area contributed by atoms with Crippen LogP contribution < -0.4 is 4.90 Å². The summed E-state index contributed by atoms with van der Waals surface area (Å²) in [5.41, 5.74) is 3.94. The summed E-state index contributed by atoms with van der Waals surface area (Å²) < 4.78 is 4.82. The lowest BCUT2D eigenvalue weighted by atomic mass is 10.1. The van der Waals surface area contributed by atoms with Crippen molar-refractivity contribution in [3.05, 3.63) is 65.2 Å². The molecular weight excluding hydrogens is 286 g/mol. The highest BCUT2D eigenvalue weighted by Gasteiger charge is 2.17. The van der Waals surface area contributed by atoms with E-state index in [1.54, 1.807) is 0 Å². The average Bonchev–Trinajstić information content (AvgIpc) is 2.59. The molecule has 0 aliphatic carbocycles. The number of hydrogen-bond acceptors (Lipinski definition) is 2. The summed E-state index contributed by atoms with van der Waals surface area (Å²) in [5.74, 6) is 2.49. The van der Waals surface area contributed by atoms with Crippen molar-refractivity contribution in [1.82, 2.24) is 0 Å². The van der Waals surface area contributed by atoms with E-state index < -0.39 is 6.09 Å². The highest BCUT2D eigenvalue weighted by Crippen LogP contribution is 2.23. The lowest BCUT2D eigenvalue weighted by Gasteiger charge is -2.20. The summed E-state index contributed by atoms with van der Waals surface area (Å²) in [6, 6.07) is 15.7. The Kier molecular flexibility index (Phi) is 5.60. The second kappa shape index (κ2) is 7.86. The number of methoxy groups -OCH3 is 1. The molecule has 0 saturated heterocycles. The molecule has 23 heavy (non-hydrogen) atoms. The second-order valence-corrected chi connectivity index (χ2v) is 5.01. The molecule has 0 atom stereocenters. The zero-order valence-corrected chi connectivity index (χ0v) is 13.3. The van der Waals surface area contributed by atoms with Gasteiger partial charge in [0.05, 0.1) is 19.3 Å². The van der Waals surface area contributed by atoms with Crippen LogP contribution in [0.4, 0.5) is 10.5 Å². The Bertz CT molecular complexity index is 756. The number of hydrogen-bond donors (Lipinski definition) is 0. The van der Waals surface area contributed by atoms with E-state index in [2.05, 4.69) is 18.9 Å². The Hall–Kier alpha value is -2.99. The number of amides is 1. The SMILES string of the molecule is C#CCN(C(=O)OC)c1ccccc1/C=C/c1ccccc1C. The number of nitrogens with zero attached hydrogens (tertiary/aromatic N) is 1. The lowest BCUT2D eigenvalue weighted by Crippen LogP contribution is -2.31. The normalized spacial score (nSPS) is 10.3. The minimum Gasteiger partial charge on any atom is -0.452 e. The topological polar surface area (TPSA) is 29.5 Å². The van der Waals surface area contributed by atoms with Crippen molar-refractivity contribution in [1.29, 1.82) is 0 Å². The predicted octanol–water partition coefficient (Wildman–Crippen LogP) is 4.37. The molecule has 2 aromatic carbocycles. The molecule has 2 rings (SSSR count). The highest BCUT2D eigenvalue weighted by atomic mass is 16.5. The molecular formula is C20H19NO2. The summed E-state index contributed by atoms with van der Waals surface area (Å²) in [7, 11) is 1.34. The van der Waals surface area contributed by atoms with Crippen LogP contribution in [0.5, 0.6) is 0 Å². The molecule has 0 spiro atoms. The van der Waals surface area contributed by atoms with Crippen LogP contribution in [-0.4, -0.2) is 19.7 Å². The summed E-state index contributed by atoms with van der Waals surface area (Å²) in [5, 5.41) is 0. The third kappa shape index (κ3) is 4.02. The Labute approximate surface area is 137 Å². The Morgan fingerprint density at radius 1 is 1.13 bits per heavy atom. The number of ether oxygens (including phenoxy) is 1. The van der Waals surface area contributed by atoms with Crippen molar-refractivity contribution in [3.63, 3.8) is 0 Å². The number of carbonyl (C=O) groups is 1. The molecule has 0 unspecified atom stereocenters. The van der Waals surface area contributed by atoms with Gasteiger partial charge in [-0.1, -0.05) is 60.5 Å². The van der Waals surface area contributed by atoms with Crippen molar-refractivity contribution in [2.75, 3.05) is 18.6 Å². The molecule has 0 fully saturated rings. The van der Waals surface area contributed by atoms with Crippen LogP contribution in [0.1, 0.15) is 16.7 Å². The number of anilines is 1. The maximum Gasteiger partial charge on any atom is 0.414 e. The smallest absolute Gasteiger partial charge is 0.414 e. The quantitative estimate of drug-likeness (QED) is 0.620. The van der Waals surface area contributed by atoms with Crippen LogP contribution in [0.3, 0.4) is 0 Å². The van der Waals surface area contributed by atoms with Gasteiger partial charge in [-0.3, -0.25) is 4.90 Å². The van der Waals surface area contributed by atoms with Crippen molar-refractivity contribution < 1.29 is 9.53 Å². The Morgan fingerprint density at radius 2 is 1.74 bits per heavy atom. The maximum atomic E-state index is 12.0. The molecule has 0 N–H and O–H groups in total. The van der Waals surface area contributed by atoms with Crippen molar-refractivity contribution >= 4 is 23.9 Å². The third-order valence-corrected chi connectivity index (χ3v) is 3.50. The van der Waals surface area contributed by atoms with Crippen LogP contribution in [0, 0.1) is 19.3 Å². The van der Waals surface area contributed by atoms with E-state index in [9.17, 15) is 4.79 Å². The Morgan fingerprint density at radius 3 is 2.39 bits per heavy atom. The van der Waals surface area contributed by atoms with E-state index in [4.69, 9.17) is 11.2 Å². The lowest BCUT2D eigenvalue weighted by molar-refractivity contribution is 0.179. The van der Waals surface area contributed by atoms with Gasteiger partial charge in [-0.15, -0.1) is 6.42 Å². The monoisotopic (exact) mass is 305 g/mol. The van der Waals surface area contributed by atoms with E-state index in [1.165, 1.54) is 17.6 Å². The van der Waals surface area contributed by atoms with E-state index >= 15 is 0 Å². The number of terminal acetylenes is 1. The van der Waals surface area contributed by atoms with Gasteiger partial charge < -0.3 is 4.74 Å². The van der Waals surface area contributed by atoms with E-state index in [-0.39, 0.29) is 6.54 Å². The molecule has 3 nitrogen and oxygen atoms in total. The molecule has 116 valence electrons. The van der Waals surface area contributed by atoms with Crippen LogP contribution in [-0.2, 0) is 4.74 Å². The average molecular weight is 305 g/mol. The zero-order chi connectivity index (χ0) is 16.7. The first-order valence-corrected chi connectivity index (χ1v) is 7.29. The van der Waals surface area contributed by atoms with Gasteiger partial charge in [-0.05, 0) is 29.7 Å². The molecule has 2 aromatic rings. The minimum absolute atomic E-state index is 0.155. The number of para-hydroxylation sites is 1. The minimum atomic E-state index is -0.473. The first kappa shape index (κ1) is 16.4. The van der Waals surface area contributed by atoms with Crippen molar-refractivity contribution in [2.24, 2.45) is 0 Å². The molecule has 3 heteroatoms. The fourth-order valence-electron chi connectivity index (χ4n) is 2.28. The predicted molar refractivity (Wildman–Crippen MR) is 95.1 cm³/mol. The molecule has 0 aromatic heterocycles. The van der Waals surface area contributed by atoms with E-state index in [0.717, 1.165) is 16.8 Å². The van der Waals surface area contributed by atoms with Crippen molar-refractivity contribution in [2.45, 2.75) is 6.92 Å². The fraction of sp³-hybridized carbons (Fsp3) is 0.150. The Balaban J connectivity index is 2.39. The molecule has 0 saturated carbocycles. The maximum absolute atomic E-state index is 12.0. The largest absolute Gasteiger partial charge is 0.452 e. The summed E-state index contributed by atoms with van der Waals surface area (Å²) in [6.07, 6.45) is 8.91. The number of rotatable bonds is 4. The standard InChI is InChI=1S/C20H19NO2/c1-4-15-21(20(22)23-3)19-12-8-7-11-18(19)14-13-17-10-6-5-9-16(17)2/h1,5-14H,15H2,2-3H3/b14-13+. The number of carbonyl (C=O) groups excluding carboxylic acids is 1. The zero-order valence-electron chi connectivity index (χ0n) is 13.3. The second-order valence-electron chi connectivity index (χ2n) is 5.01. The van der Waals surface area contributed by atoms with Gasteiger partial charge in [0.25, 0.3) is 0 Å². The summed E-state index contributed by atoms with van der Waals surface area (Å²) in [6.45, 7) is 2.21. The molecule has 0 aliphatic heterocycles. The first-order valence-electron chi connectivity index (χ1n) is 7.29. The highest BCUT2D eigenvalue weighted by molar-refractivity contribution is 5.92. The first-order chi connectivity index (χ1) is 11.2. The third-order valence-electron chi connectivity index (χ3n) is 3.50. The van der Waals surface area contributed by atoms with Crippen LogP contribution in [0.15, 0.2) is 48.5 Å². The van der Waals surface area contributed by atoms with Gasteiger partial charge in [0.1, 0.15) is 0 Å². The van der Waals surface area contributed by atoms with Gasteiger partial charge >= 0.3 is 6.09 Å². The molecule has 1 amide bonds. The molecule has 0 heterocycles. The number of benzene rings is 2. The van der Waals surface area contributed by atoms with Crippen LogP contribution in [0.25, 0.3) is 12.2 Å². The number of aryl methyl sites for hydroxylation is 1. The summed E-state index contributed by atoms with van der Waals surface area (Å²) >= 11 is 0. The van der Waals surface area contributed by atoms with E-state index in [1.807, 2.05) is 54.6 Å². The van der Waals surface area contributed by atoms with Gasteiger partial charge in [0.15, 0.2) is 0 Å². The van der Waals surface area contributed by atoms with Crippen LogP contribution >= 0.6 is 0 Å². The molecule has 0 radical (unpaired) electrons. The fourth-order valence-corrected chi connectivity index (χ4v) is 2.28. The van der Waals surface area contributed by atoms with Gasteiger partial charge in [-0.2, -0.15) is 0 Å². The molecule has 0 aliphatic rings. The molecule has 0 bridgehead atoms.